The molecule has 106 valence electrons. The van der Waals surface area contributed by atoms with E-state index in [4.69, 9.17) is 4.74 Å². The molecule has 0 aromatic heterocycles. The number of carbonyl (C=O) groups is 3. The zero-order valence-corrected chi connectivity index (χ0v) is 11.3. The first kappa shape index (κ1) is 13.1. The van der Waals surface area contributed by atoms with Gasteiger partial charge in [-0.25, -0.2) is 0 Å². The number of ether oxygens (including phenoxy) is 1. The lowest BCUT2D eigenvalue weighted by atomic mass is 9.80. The van der Waals surface area contributed by atoms with Crippen molar-refractivity contribution in [1.82, 2.24) is 4.90 Å². The van der Waals surface area contributed by atoms with Gasteiger partial charge in [-0.1, -0.05) is 0 Å². The quantitative estimate of drug-likeness (QED) is 0.666. The third-order valence-electron chi connectivity index (χ3n) is 4.30. The SMILES string of the molecule is COC1=C(C)C(=O)C2=C(CN3C(=O)CC[C@@H]3[C@H]2O)C1=O. The van der Waals surface area contributed by atoms with Crippen LogP contribution in [-0.2, 0) is 19.1 Å². The highest BCUT2D eigenvalue weighted by molar-refractivity contribution is 6.25. The van der Waals surface area contributed by atoms with E-state index < -0.39 is 17.9 Å². The molecule has 0 aromatic carbocycles. The zero-order valence-electron chi connectivity index (χ0n) is 11.3. The second-order valence-electron chi connectivity index (χ2n) is 5.28. The van der Waals surface area contributed by atoms with Crippen molar-refractivity contribution in [2.24, 2.45) is 0 Å². The molecule has 6 heteroatoms. The van der Waals surface area contributed by atoms with Gasteiger partial charge in [-0.05, 0) is 13.3 Å². The van der Waals surface area contributed by atoms with Crippen LogP contribution in [0.2, 0.25) is 0 Å². The average molecular weight is 277 g/mol. The van der Waals surface area contributed by atoms with Gasteiger partial charge in [0.25, 0.3) is 0 Å². The van der Waals surface area contributed by atoms with Crippen molar-refractivity contribution in [2.75, 3.05) is 13.7 Å². The molecule has 0 aromatic rings. The second kappa shape index (κ2) is 4.28. The molecule has 1 N–H and O–H groups in total. The molecule has 20 heavy (non-hydrogen) atoms. The topological polar surface area (TPSA) is 83.9 Å². The maximum absolute atomic E-state index is 12.3. The highest BCUT2D eigenvalue weighted by Crippen LogP contribution is 2.37. The number of hydrogen-bond donors (Lipinski definition) is 1. The number of hydrogen-bond acceptors (Lipinski definition) is 5. The van der Waals surface area contributed by atoms with Crippen LogP contribution in [0.15, 0.2) is 22.5 Å². The van der Waals surface area contributed by atoms with Crippen molar-refractivity contribution in [3.63, 3.8) is 0 Å². The van der Waals surface area contributed by atoms with E-state index in [1.54, 1.807) is 0 Å². The van der Waals surface area contributed by atoms with Crippen LogP contribution >= 0.6 is 0 Å². The fourth-order valence-electron chi connectivity index (χ4n) is 3.24. The molecule has 0 bridgehead atoms. The third-order valence-corrected chi connectivity index (χ3v) is 4.30. The van der Waals surface area contributed by atoms with Gasteiger partial charge in [-0.3, -0.25) is 14.4 Å². The minimum atomic E-state index is -1.09. The molecule has 1 fully saturated rings. The van der Waals surface area contributed by atoms with Crippen LogP contribution in [0.3, 0.4) is 0 Å². The Bertz CT molecular complexity index is 601. The standard InChI is InChI=1S/C14H15NO5/c1-6-11(17)10-7(12(18)14(6)20-2)5-15-8(13(10)19)3-4-9(15)16/h8,13,19H,3-5H2,1-2H3/t8-,13-/m1/s1. The Labute approximate surface area is 115 Å². The first-order chi connectivity index (χ1) is 9.47. The fraction of sp³-hybridized carbons (Fsp3) is 0.500. The van der Waals surface area contributed by atoms with E-state index in [1.165, 1.54) is 18.9 Å². The lowest BCUT2D eigenvalue weighted by Gasteiger charge is -2.38. The Morgan fingerprint density at radius 2 is 1.95 bits per heavy atom. The van der Waals surface area contributed by atoms with Gasteiger partial charge in [-0.15, -0.1) is 0 Å². The van der Waals surface area contributed by atoms with Gasteiger partial charge in [-0.2, -0.15) is 0 Å². The van der Waals surface area contributed by atoms with Crippen LogP contribution < -0.4 is 0 Å². The van der Waals surface area contributed by atoms with Gasteiger partial charge in [0.15, 0.2) is 11.5 Å². The molecule has 3 rings (SSSR count). The molecule has 2 atom stereocenters. The third kappa shape index (κ3) is 1.51. The molecule has 2 heterocycles. The van der Waals surface area contributed by atoms with E-state index in [2.05, 4.69) is 0 Å². The molecule has 6 nitrogen and oxygen atoms in total. The number of carbonyl (C=O) groups excluding carboxylic acids is 3. The van der Waals surface area contributed by atoms with Crippen LogP contribution in [0, 0.1) is 0 Å². The van der Waals surface area contributed by atoms with E-state index >= 15 is 0 Å². The van der Waals surface area contributed by atoms with E-state index in [-0.39, 0.29) is 40.7 Å². The summed E-state index contributed by atoms with van der Waals surface area (Å²) in [7, 11) is 1.33. The Morgan fingerprint density at radius 1 is 1.25 bits per heavy atom. The molecular weight excluding hydrogens is 262 g/mol. The minimum absolute atomic E-state index is 0.00560. The van der Waals surface area contributed by atoms with E-state index in [0.717, 1.165) is 0 Å². The summed E-state index contributed by atoms with van der Waals surface area (Å²) in [6.45, 7) is 1.60. The monoisotopic (exact) mass is 277 g/mol. The molecule has 3 aliphatic rings. The summed E-state index contributed by atoms with van der Waals surface area (Å²) in [6.07, 6.45) is -0.234. The van der Waals surface area contributed by atoms with Crippen molar-refractivity contribution in [3.05, 3.63) is 22.5 Å². The van der Waals surface area contributed by atoms with E-state index in [9.17, 15) is 19.5 Å². The number of Topliss-reactive ketones (excluding diaryl/α,β-unsaturated/α-hetero) is 2. The summed E-state index contributed by atoms with van der Waals surface area (Å²) in [5.41, 5.74) is 0.550. The van der Waals surface area contributed by atoms with Gasteiger partial charge in [0.05, 0.1) is 19.7 Å². The summed E-state index contributed by atoms with van der Waals surface area (Å²) < 4.78 is 5.00. The molecule has 2 aliphatic heterocycles. The largest absolute Gasteiger partial charge is 0.492 e. The highest BCUT2D eigenvalue weighted by atomic mass is 16.5. The molecule has 1 saturated heterocycles. The Kier molecular flexibility index (Phi) is 2.79. The highest BCUT2D eigenvalue weighted by Gasteiger charge is 2.48. The van der Waals surface area contributed by atoms with E-state index in [0.29, 0.717) is 12.8 Å². The van der Waals surface area contributed by atoms with Crippen LogP contribution in [0.1, 0.15) is 19.8 Å². The molecule has 0 spiro atoms. The second-order valence-corrected chi connectivity index (χ2v) is 5.28. The zero-order chi connectivity index (χ0) is 14.6. The number of methoxy groups -OCH3 is 1. The first-order valence-electron chi connectivity index (χ1n) is 6.52. The molecular formula is C14H15NO5. The first-order valence-corrected chi connectivity index (χ1v) is 6.52. The summed E-state index contributed by atoms with van der Waals surface area (Å²) in [5.74, 6) is -0.850. The number of rotatable bonds is 1. The molecule has 1 aliphatic carbocycles. The number of nitrogens with zero attached hydrogens (tertiary/aromatic N) is 1. The predicted octanol–water partition coefficient (Wildman–Crippen LogP) is -0.279. The maximum atomic E-state index is 12.3. The van der Waals surface area contributed by atoms with Crippen molar-refractivity contribution < 1.29 is 24.2 Å². The van der Waals surface area contributed by atoms with Crippen LogP contribution in [0.4, 0.5) is 0 Å². The number of aliphatic hydroxyl groups is 1. The summed E-state index contributed by atoms with van der Waals surface area (Å²) in [5, 5.41) is 10.4. The van der Waals surface area contributed by atoms with Crippen molar-refractivity contribution in [1.29, 1.82) is 0 Å². The molecule has 0 saturated carbocycles. The fourth-order valence-corrected chi connectivity index (χ4v) is 3.24. The molecule has 1 amide bonds. The number of ketones is 2. The lowest BCUT2D eigenvalue weighted by Crippen LogP contribution is -2.51. The van der Waals surface area contributed by atoms with Gasteiger partial charge in [0.2, 0.25) is 11.7 Å². The summed E-state index contributed by atoms with van der Waals surface area (Å²) in [6, 6.07) is -0.394. The van der Waals surface area contributed by atoms with Crippen molar-refractivity contribution in [3.8, 4) is 0 Å². The van der Waals surface area contributed by atoms with Crippen LogP contribution in [0.5, 0.6) is 0 Å². The van der Waals surface area contributed by atoms with Crippen molar-refractivity contribution in [2.45, 2.75) is 31.9 Å². The Hall–Kier alpha value is -1.95. The Balaban J connectivity index is 2.10. The molecule has 0 unspecified atom stereocenters. The normalized spacial score (nSPS) is 29.9. The smallest absolute Gasteiger partial charge is 0.226 e. The summed E-state index contributed by atoms with van der Waals surface area (Å²) in [4.78, 5) is 38.0. The minimum Gasteiger partial charge on any atom is -0.492 e. The number of aliphatic hydroxyl groups excluding tert-OH is 1. The number of amides is 1. The maximum Gasteiger partial charge on any atom is 0.226 e. The van der Waals surface area contributed by atoms with Crippen molar-refractivity contribution >= 4 is 17.5 Å². The van der Waals surface area contributed by atoms with Gasteiger partial charge < -0.3 is 14.7 Å². The lowest BCUT2D eigenvalue weighted by molar-refractivity contribution is -0.131. The average Bonchev–Trinajstić information content (AvgIpc) is 2.79. The van der Waals surface area contributed by atoms with Gasteiger partial charge in [0.1, 0.15) is 6.10 Å². The van der Waals surface area contributed by atoms with E-state index in [1.807, 2.05) is 0 Å². The number of allylic oxidation sites excluding steroid dienone is 2. The molecule has 0 radical (unpaired) electrons. The number of fused-ring (bicyclic) bond motifs is 1. The van der Waals surface area contributed by atoms with Crippen LogP contribution in [-0.4, -0.2) is 53.3 Å². The predicted molar refractivity (Wildman–Crippen MR) is 67.5 cm³/mol. The van der Waals surface area contributed by atoms with Crippen LogP contribution in [0.25, 0.3) is 0 Å². The van der Waals surface area contributed by atoms with Gasteiger partial charge >= 0.3 is 0 Å². The summed E-state index contributed by atoms with van der Waals surface area (Å²) >= 11 is 0. The Morgan fingerprint density at radius 3 is 2.60 bits per heavy atom. The van der Waals surface area contributed by atoms with Gasteiger partial charge in [0, 0.05) is 23.1 Å².